The second-order valence-corrected chi connectivity index (χ2v) is 11.1. The van der Waals surface area contributed by atoms with Gasteiger partial charge in [-0.2, -0.15) is 0 Å². The predicted molar refractivity (Wildman–Crippen MR) is 179 cm³/mol. The Hall–Kier alpha value is -6.62. The van der Waals surface area contributed by atoms with Crippen LogP contribution in [0.2, 0.25) is 0 Å². The number of benzene rings is 5. The number of nitro groups is 1. The van der Waals surface area contributed by atoms with Crippen LogP contribution in [0.5, 0.6) is 17.2 Å². The molecule has 0 unspecified atom stereocenters. The number of Topliss-reactive ketones (excluding diaryl/α,β-unsaturated/α-hetero) is 1. The van der Waals surface area contributed by atoms with Crippen LogP contribution in [0.4, 0.5) is 11.4 Å². The molecule has 0 bridgehead atoms. The molecule has 49 heavy (non-hydrogen) atoms. The molecule has 11 nitrogen and oxygen atoms in total. The van der Waals surface area contributed by atoms with E-state index in [1.165, 1.54) is 53.4 Å². The van der Waals surface area contributed by atoms with E-state index in [0.29, 0.717) is 17.2 Å². The van der Waals surface area contributed by atoms with Crippen LogP contribution in [-0.4, -0.2) is 41.7 Å². The van der Waals surface area contributed by atoms with Gasteiger partial charge in [0, 0.05) is 41.9 Å². The monoisotopic (exact) mass is 656 g/mol. The quantitative estimate of drug-likeness (QED) is 0.0480. The highest BCUT2D eigenvalue weighted by Gasteiger charge is 2.36. The summed E-state index contributed by atoms with van der Waals surface area (Å²) in [5.74, 6) is -1.41. The number of hydrogen-bond acceptors (Lipinski definition) is 9. The van der Waals surface area contributed by atoms with Crippen molar-refractivity contribution in [2.75, 3.05) is 18.1 Å². The van der Waals surface area contributed by atoms with Gasteiger partial charge in [0.15, 0.2) is 12.4 Å². The van der Waals surface area contributed by atoms with Crippen LogP contribution in [0.3, 0.4) is 0 Å². The van der Waals surface area contributed by atoms with E-state index in [1.807, 2.05) is 54.6 Å². The SMILES string of the molecule is O=C(COC(=O)[C@H]1CC(=O)N(c2ccc(Oc3ccccc3-c3ccccc3)cc2)C1)c1ccc(OC(=O)c2ccc([N+](=O)[O-])cc2)cc1. The fraction of sp³-hybridized carbons (Fsp3) is 0.105. The van der Waals surface area contributed by atoms with Crippen LogP contribution >= 0.6 is 0 Å². The number of carbonyl (C=O) groups excluding carboxylic acids is 4. The molecule has 1 fully saturated rings. The fourth-order valence-electron chi connectivity index (χ4n) is 5.28. The van der Waals surface area contributed by atoms with E-state index in [1.54, 1.807) is 24.3 Å². The summed E-state index contributed by atoms with van der Waals surface area (Å²) >= 11 is 0. The molecule has 1 atom stereocenters. The van der Waals surface area contributed by atoms with Crippen molar-refractivity contribution in [3.05, 3.63) is 149 Å². The van der Waals surface area contributed by atoms with Gasteiger partial charge in [0.1, 0.15) is 17.2 Å². The third kappa shape index (κ3) is 7.68. The molecule has 0 radical (unpaired) electrons. The number of nitrogens with zero attached hydrogens (tertiary/aromatic N) is 2. The van der Waals surface area contributed by atoms with Gasteiger partial charge in [-0.15, -0.1) is 0 Å². The molecule has 1 heterocycles. The summed E-state index contributed by atoms with van der Waals surface area (Å²) in [5, 5.41) is 10.8. The lowest BCUT2D eigenvalue weighted by Crippen LogP contribution is -2.27. The summed E-state index contributed by atoms with van der Waals surface area (Å²) in [5.41, 5.74) is 2.76. The van der Waals surface area contributed by atoms with Crippen LogP contribution in [0.1, 0.15) is 27.1 Å². The predicted octanol–water partition coefficient (Wildman–Crippen LogP) is 7.05. The minimum absolute atomic E-state index is 0.0510. The van der Waals surface area contributed by atoms with Crippen molar-refractivity contribution in [1.29, 1.82) is 0 Å². The molecule has 0 aromatic heterocycles. The van der Waals surface area contributed by atoms with Gasteiger partial charge in [0.25, 0.3) is 5.69 Å². The lowest BCUT2D eigenvalue weighted by Gasteiger charge is -2.17. The van der Waals surface area contributed by atoms with Gasteiger partial charge in [0.05, 0.1) is 16.4 Å². The zero-order valence-corrected chi connectivity index (χ0v) is 25.9. The van der Waals surface area contributed by atoms with E-state index in [4.69, 9.17) is 14.2 Å². The van der Waals surface area contributed by atoms with Crippen molar-refractivity contribution in [2.45, 2.75) is 6.42 Å². The maximum Gasteiger partial charge on any atom is 0.343 e. The maximum atomic E-state index is 12.8. The van der Waals surface area contributed by atoms with Crippen molar-refractivity contribution < 1.29 is 38.3 Å². The normalized spacial score (nSPS) is 13.8. The molecule has 11 heteroatoms. The molecule has 0 aliphatic carbocycles. The summed E-state index contributed by atoms with van der Waals surface area (Å²) in [4.78, 5) is 62.4. The van der Waals surface area contributed by atoms with Crippen LogP contribution in [-0.2, 0) is 14.3 Å². The van der Waals surface area contributed by atoms with E-state index in [2.05, 4.69) is 0 Å². The molecular formula is C38H28N2O9. The fourth-order valence-corrected chi connectivity index (χ4v) is 5.28. The third-order valence-electron chi connectivity index (χ3n) is 7.85. The van der Waals surface area contributed by atoms with Gasteiger partial charge in [-0.05, 0) is 72.3 Å². The number of anilines is 1. The largest absolute Gasteiger partial charge is 0.457 e. The number of hydrogen-bond donors (Lipinski definition) is 0. The highest BCUT2D eigenvalue weighted by molar-refractivity contribution is 6.01. The van der Waals surface area contributed by atoms with E-state index < -0.39 is 35.2 Å². The number of nitro benzene ring substituents is 1. The number of amides is 1. The first kappa shape index (κ1) is 32.3. The second kappa shape index (κ2) is 14.4. The smallest absolute Gasteiger partial charge is 0.343 e. The molecule has 1 aliphatic rings. The van der Waals surface area contributed by atoms with Gasteiger partial charge >= 0.3 is 11.9 Å². The molecule has 5 aromatic rings. The third-order valence-corrected chi connectivity index (χ3v) is 7.85. The number of non-ortho nitro benzene ring substituents is 1. The number of esters is 2. The van der Waals surface area contributed by atoms with Crippen LogP contribution in [0.25, 0.3) is 11.1 Å². The maximum absolute atomic E-state index is 12.8. The van der Waals surface area contributed by atoms with Crippen molar-refractivity contribution >= 4 is 35.0 Å². The van der Waals surface area contributed by atoms with Crippen molar-refractivity contribution in [3.63, 3.8) is 0 Å². The molecule has 0 saturated carbocycles. The molecule has 1 aliphatic heterocycles. The Kier molecular flexibility index (Phi) is 9.52. The Balaban J connectivity index is 0.996. The van der Waals surface area contributed by atoms with Gasteiger partial charge in [-0.1, -0.05) is 48.5 Å². The summed E-state index contributed by atoms with van der Waals surface area (Å²) < 4.78 is 16.7. The Labute approximate surface area is 280 Å². The summed E-state index contributed by atoms with van der Waals surface area (Å²) in [6, 6.07) is 35.2. The first-order valence-corrected chi connectivity index (χ1v) is 15.2. The van der Waals surface area contributed by atoms with Gasteiger partial charge in [-0.25, -0.2) is 4.79 Å². The number of ketones is 1. The van der Waals surface area contributed by atoms with Gasteiger partial charge in [-0.3, -0.25) is 24.5 Å². The minimum Gasteiger partial charge on any atom is -0.457 e. The number of para-hydroxylation sites is 1. The Morgan fingerprint density at radius 1 is 0.755 bits per heavy atom. The lowest BCUT2D eigenvalue weighted by molar-refractivity contribution is -0.384. The minimum atomic E-state index is -0.741. The molecule has 1 amide bonds. The zero-order chi connectivity index (χ0) is 34.3. The molecule has 1 saturated heterocycles. The Bertz CT molecular complexity index is 2010. The average molecular weight is 657 g/mol. The van der Waals surface area contributed by atoms with E-state index in [0.717, 1.165) is 11.1 Å². The molecule has 0 spiro atoms. The van der Waals surface area contributed by atoms with E-state index in [-0.39, 0.29) is 41.4 Å². The number of rotatable bonds is 11. The standard InChI is InChI=1S/C38H28N2O9/c41-34(26-12-18-32(19-13-26)49-38(44)27-10-14-30(15-11-27)40(45)46)24-47-37(43)28-22-36(42)39(23-28)29-16-20-31(21-17-29)48-35-9-5-4-8-33(35)25-6-2-1-3-7-25/h1-21,28H,22-24H2/t28-/m0/s1. The van der Waals surface area contributed by atoms with Crippen molar-refractivity contribution in [3.8, 4) is 28.4 Å². The topological polar surface area (TPSA) is 142 Å². The molecule has 5 aromatic carbocycles. The lowest BCUT2D eigenvalue weighted by atomic mass is 10.0. The zero-order valence-electron chi connectivity index (χ0n) is 25.9. The number of ether oxygens (including phenoxy) is 3. The van der Waals surface area contributed by atoms with Crippen LogP contribution < -0.4 is 14.4 Å². The molecule has 244 valence electrons. The second-order valence-electron chi connectivity index (χ2n) is 11.1. The van der Waals surface area contributed by atoms with Gasteiger partial charge < -0.3 is 19.1 Å². The highest BCUT2D eigenvalue weighted by Crippen LogP contribution is 2.34. The summed E-state index contributed by atoms with van der Waals surface area (Å²) in [6.45, 7) is -0.417. The van der Waals surface area contributed by atoms with Crippen LogP contribution in [0.15, 0.2) is 127 Å². The summed E-state index contributed by atoms with van der Waals surface area (Å²) in [6.07, 6.45) is -0.0510. The van der Waals surface area contributed by atoms with Gasteiger partial charge in [0.2, 0.25) is 5.91 Å². The van der Waals surface area contributed by atoms with E-state index >= 15 is 0 Å². The highest BCUT2D eigenvalue weighted by atomic mass is 16.6. The number of carbonyl (C=O) groups is 4. The van der Waals surface area contributed by atoms with E-state index in [9.17, 15) is 29.3 Å². The van der Waals surface area contributed by atoms with Crippen molar-refractivity contribution in [2.24, 2.45) is 5.92 Å². The molecule has 0 N–H and O–H groups in total. The Morgan fingerprint density at radius 2 is 1.39 bits per heavy atom. The summed E-state index contributed by atoms with van der Waals surface area (Å²) in [7, 11) is 0. The van der Waals surface area contributed by atoms with Crippen LogP contribution in [0, 0.1) is 16.0 Å². The first-order valence-electron chi connectivity index (χ1n) is 15.2. The van der Waals surface area contributed by atoms with Crippen molar-refractivity contribution in [1.82, 2.24) is 0 Å². The first-order chi connectivity index (χ1) is 23.7. The molecular weight excluding hydrogens is 628 g/mol. The molecule has 6 rings (SSSR count). The Morgan fingerprint density at radius 3 is 2.08 bits per heavy atom. The average Bonchev–Trinajstić information content (AvgIpc) is 3.53.